The molecule has 1 heterocycles. The summed E-state index contributed by atoms with van der Waals surface area (Å²) in [6.45, 7) is 0.509. The van der Waals surface area contributed by atoms with Crippen LogP contribution in [0.25, 0.3) is 11.4 Å². The zero-order chi connectivity index (χ0) is 9.10. The molecule has 0 saturated heterocycles. The molecule has 0 atom stereocenters. The molecule has 1 aromatic carbocycles. The van der Waals surface area contributed by atoms with E-state index in [9.17, 15) is 0 Å². The standard InChI is InChI=1S/C9H8N3O/c10-5-7-2-1-3-8(4-7)9-11-6-13-12-9/h1-4H,5,10H2. The molecule has 0 aliphatic heterocycles. The molecule has 2 N–H and O–H groups in total. The summed E-state index contributed by atoms with van der Waals surface area (Å²) in [7, 11) is 0. The maximum absolute atomic E-state index is 5.50. The summed E-state index contributed by atoms with van der Waals surface area (Å²) in [6, 6.07) is 7.69. The molecule has 0 saturated carbocycles. The Labute approximate surface area is 75.4 Å². The zero-order valence-electron chi connectivity index (χ0n) is 6.90. The minimum absolute atomic E-state index is 0.509. The summed E-state index contributed by atoms with van der Waals surface area (Å²) in [6.07, 6.45) is 2.30. The minimum Gasteiger partial charge on any atom is -0.328 e. The normalized spacial score (nSPS) is 10.2. The van der Waals surface area contributed by atoms with Crippen molar-refractivity contribution >= 4 is 0 Å². The molecule has 1 aromatic heterocycles. The summed E-state index contributed by atoms with van der Waals surface area (Å²) >= 11 is 0. The van der Waals surface area contributed by atoms with Crippen molar-refractivity contribution in [1.82, 2.24) is 10.1 Å². The van der Waals surface area contributed by atoms with Crippen LogP contribution in [0.2, 0.25) is 0 Å². The molecule has 13 heavy (non-hydrogen) atoms. The molecule has 4 heteroatoms. The van der Waals surface area contributed by atoms with Gasteiger partial charge >= 0.3 is 6.39 Å². The first-order chi connectivity index (χ1) is 6.40. The summed E-state index contributed by atoms with van der Waals surface area (Å²) in [5.74, 6) is 0.537. The highest BCUT2D eigenvalue weighted by atomic mass is 16.5. The van der Waals surface area contributed by atoms with E-state index in [0.717, 1.165) is 11.1 Å². The summed E-state index contributed by atoms with van der Waals surface area (Å²) in [4.78, 5) is 3.82. The highest BCUT2D eigenvalue weighted by molar-refractivity contribution is 5.54. The van der Waals surface area contributed by atoms with Crippen LogP contribution in [0.1, 0.15) is 5.56 Å². The van der Waals surface area contributed by atoms with Crippen LogP contribution in [0.3, 0.4) is 0 Å². The lowest BCUT2D eigenvalue weighted by Crippen LogP contribution is -1.95. The van der Waals surface area contributed by atoms with Gasteiger partial charge in [0.25, 0.3) is 0 Å². The van der Waals surface area contributed by atoms with Crippen molar-refractivity contribution in [3.8, 4) is 11.4 Å². The van der Waals surface area contributed by atoms with E-state index in [4.69, 9.17) is 5.73 Å². The molecule has 0 fully saturated rings. The summed E-state index contributed by atoms with van der Waals surface area (Å²) < 4.78 is 4.53. The summed E-state index contributed by atoms with van der Waals surface area (Å²) in [5.41, 5.74) is 7.44. The minimum atomic E-state index is 0.509. The van der Waals surface area contributed by atoms with Crippen molar-refractivity contribution < 1.29 is 4.52 Å². The number of nitrogens with zero attached hydrogens (tertiary/aromatic N) is 2. The van der Waals surface area contributed by atoms with Crippen LogP contribution < -0.4 is 5.73 Å². The van der Waals surface area contributed by atoms with Crippen molar-refractivity contribution in [1.29, 1.82) is 0 Å². The van der Waals surface area contributed by atoms with Gasteiger partial charge < -0.3 is 10.3 Å². The van der Waals surface area contributed by atoms with Crippen molar-refractivity contribution in [2.24, 2.45) is 5.73 Å². The molecule has 0 bridgehead atoms. The Morgan fingerprint density at radius 3 is 3.08 bits per heavy atom. The zero-order valence-corrected chi connectivity index (χ0v) is 6.90. The highest BCUT2D eigenvalue weighted by Crippen LogP contribution is 2.15. The van der Waals surface area contributed by atoms with Gasteiger partial charge in [0, 0.05) is 12.1 Å². The Morgan fingerprint density at radius 2 is 2.38 bits per heavy atom. The van der Waals surface area contributed by atoms with E-state index in [0.29, 0.717) is 12.4 Å². The lowest BCUT2D eigenvalue weighted by atomic mass is 10.1. The third-order valence-electron chi connectivity index (χ3n) is 1.75. The van der Waals surface area contributed by atoms with Gasteiger partial charge in [-0.05, 0) is 11.6 Å². The highest BCUT2D eigenvalue weighted by Gasteiger charge is 2.02. The van der Waals surface area contributed by atoms with Gasteiger partial charge in [0.2, 0.25) is 5.82 Å². The lowest BCUT2D eigenvalue weighted by Gasteiger charge is -1.97. The van der Waals surface area contributed by atoms with Gasteiger partial charge in [0.1, 0.15) is 0 Å². The molecule has 0 aliphatic carbocycles. The van der Waals surface area contributed by atoms with E-state index in [1.165, 1.54) is 0 Å². The van der Waals surface area contributed by atoms with Gasteiger partial charge in [-0.2, -0.15) is 4.98 Å². The lowest BCUT2D eigenvalue weighted by molar-refractivity contribution is 0.411. The number of rotatable bonds is 2. The van der Waals surface area contributed by atoms with Crippen LogP contribution in [-0.2, 0) is 6.54 Å². The van der Waals surface area contributed by atoms with Gasteiger partial charge in [-0.15, -0.1) is 0 Å². The molecular weight excluding hydrogens is 166 g/mol. The van der Waals surface area contributed by atoms with E-state index >= 15 is 0 Å². The topological polar surface area (TPSA) is 64.9 Å². The van der Waals surface area contributed by atoms with Crippen molar-refractivity contribution in [2.75, 3.05) is 0 Å². The Kier molecular flexibility index (Phi) is 2.06. The predicted molar refractivity (Wildman–Crippen MR) is 46.5 cm³/mol. The van der Waals surface area contributed by atoms with Crippen molar-refractivity contribution in [2.45, 2.75) is 6.54 Å². The average molecular weight is 174 g/mol. The van der Waals surface area contributed by atoms with Gasteiger partial charge in [-0.1, -0.05) is 23.4 Å². The molecule has 2 aromatic rings. The van der Waals surface area contributed by atoms with E-state index in [2.05, 4.69) is 21.1 Å². The Bertz CT molecular complexity index is 384. The van der Waals surface area contributed by atoms with E-state index in [1.807, 2.05) is 24.3 Å². The molecule has 0 amide bonds. The van der Waals surface area contributed by atoms with Crippen LogP contribution in [0.4, 0.5) is 0 Å². The quantitative estimate of drug-likeness (QED) is 0.737. The van der Waals surface area contributed by atoms with E-state index in [-0.39, 0.29) is 0 Å². The fourth-order valence-corrected chi connectivity index (χ4v) is 1.10. The van der Waals surface area contributed by atoms with Crippen LogP contribution in [0.5, 0.6) is 0 Å². The van der Waals surface area contributed by atoms with Crippen molar-refractivity contribution in [3.63, 3.8) is 0 Å². The first kappa shape index (κ1) is 7.94. The molecule has 65 valence electrons. The Morgan fingerprint density at radius 1 is 1.46 bits per heavy atom. The summed E-state index contributed by atoms with van der Waals surface area (Å²) in [5, 5.41) is 3.68. The first-order valence-electron chi connectivity index (χ1n) is 3.89. The molecule has 0 unspecified atom stereocenters. The number of aromatic nitrogens is 2. The second-order valence-electron chi connectivity index (χ2n) is 2.61. The first-order valence-corrected chi connectivity index (χ1v) is 3.89. The molecule has 2 rings (SSSR count). The Hall–Kier alpha value is -1.68. The number of benzene rings is 1. The largest absolute Gasteiger partial charge is 0.328 e. The third-order valence-corrected chi connectivity index (χ3v) is 1.75. The second-order valence-corrected chi connectivity index (χ2v) is 2.61. The second kappa shape index (κ2) is 3.37. The maximum Gasteiger partial charge on any atom is 0.316 e. The van der Waals surface area contributed by atoms with Crippen LogP contribution in [-0.4, -0.2) is 10.1 Å². The fraction of sp³-hybridized carbons (Fsp3) is 0.111. The predicted octanol–water partition coefficient (Wildman–Crippen LogP) is 0.995. The molecule has 0 aliphatic rings. The number of hydrogen-bond acceptors (Lipinski definition) is 4. The van der Waals surface area contributed by atoms with Gasteiger partial charge in [0.05, 0.1) is 0 Å². The monoisotopic (exact) mass is 174 g/mol. The Balaban J connectivity index is 2.41. The van der Waals surface area contributed by atoms with Gasteiger partial charge in [-0.25, -0.2) is 0 Å². The molecule has 1 radical (unpaired) electrons. The number of nitrogens with two attached hydrogens (primary N) is 1. The van der Waals surface area contributed by atoms with Gasteiger partial charge in [0.15, 0.2) is 0 Å². The number of hydrogen-bond donors (Lipinski definition) is 1. The van der Waals surface area contributed by atoms with Crippen molar-refractivity contribution in [3.05, 3.63) is 36.2 Å². The maximum atomic E-state index is 5.50. The molecular formula is C9H8N3O. The fourth-order valence-electron chi connectivity index (χ4n) is 1.10. The van der Waals surface area contributed by atoms with Crippen LogP contribution >= 0.6 is 0 Å². The molecule has 4 nitrogen and oxygen atoms in total. The van der Waals surface area contributed by atoms with E-state index < -0.39 is 0 Å². The van der Waals surface area contributed by atoms with Gasteiger partial charge in [-0.3, -0.25) is 0 Å². The van der Waals surface area contributed by atoms with Crippen LogP contribution in [0, 0.1) is 6.39 Å². The average Bonchev–Trinajstić information content (AvgIpc) is 2.71. The SMILES string of the molecule is NCc1cccc(-c2n[c]on2)c1. The molecule has 0 spiro atoms. The third kappa shape index (κ3) is 1.57. The van der Waals surface area contributed by atoms with Crippen LogP contribution in [0.15, 0.2) is 28.8 Å². The smallest absolute Gasteiger partial charge is 0.316 e. The van der Waals surface area contributed by atoms with E-state index in [1.54, 1.807) is 0 Å².